The first-order valence-electron chi connectivity index (χ1n) is 7.10. The lowest BCUT2D eigenvalue weighted by Crippen LogP contribution is -2.46. The minimum absolute atomic E-state index is 0.137. The zero-order valence-corrected chi connectivity index (χ0v) is 11.9. The largest absolute Gasteiger partial charge is 0.385 e. The van der Waals surface area contributed by atoms with Crippen molar-refractivity contribution in [3.63, 3.8) is 0 Å². The van der Waals surface area contributed by atoms with Crippen molar-refractivity contribution >= 4 is 16.8 Å². The Morgan fingerprint density at radius 3 is 2.65 bits per heavy atom. The molecule has 0 spiro atoms. The van der Waals surface area contributed by atoms with E-state index in [1.807, 2.05) is 25.1 Å². The van der Waals surface area contributed by atoms with Gasteiger partial charge in [0.1, 0.15) is 0 Å². The summed E-state index contributed by atoms with van der Waals surface area (Å²) in [6.07, 6.45) is 3.72. The van der Waals surface area contributed by atoms with E-state index in [0.717, 1.165) is 24.0 Å². The molecule has 0 heterocycles. The molecule has 1 saturated carbocycles. The van der Waals surface area contributed by atoms with Crippen molar-refractivity contribution in [2.75, 3.05) is 0 Å². The maximum absolute atomic E-state index is 10.8. The van der Waals surface area contributed by atoms with E-state index in [2.05, 4.69) is 37.4 Å². The lowest BCUT2D eigenvalue weighted by molar-refractivity contribution is -0.0232. The van der Waals surface area contributed by atoms with E-state index in [0.29, 0.717) is 0 Å². The van der Waals surface area contributed by atoms with Crippen molar-refractivity contribution in [3.05, 3.63) is 66.3 Å². The SMILES string of the molecule is C=Cc1c([C@@H]2CC[C@]2(O)C(=C)C)ccc2ccccc12. The third-order valence-corrected chi connectivity index (χ3v) is 4.71. The van der Waals surface area contributed by atoms with Gasteiger partial charge in [-0.15, -0.1) is 0 Å². The van der Waals surface area contributed by atoms with Crippen LogP contribution in [-0.2, 0) is 0 Å². The molecule has 0 aromatic heterocycles. The van der Waals surface area contributed by atoms with Crippen LogP contribution in [0.4, 0.5) is 0 Å². The minimum Gasteiger partial charge on any atom is -0.385 e. The van der Waals surface area contributed by atoms with Gasteiger partial charge in [-0.3, -0.25) is 0 Å². The van der Waals surface area contributed by atoms with Crippen molar-refractivity contribution in [3.8, 4) is 0 Å². The molecule has 1 nitrogen and oxygen atoms in total. The monoisotopic (exact) mass is 264 g/mol. The first-order valence-corrected chi connectivity index (χ1v) is 7.10. The average Bonchev–Trinajstić information content (AvgIpc) is 2.44. The Balaban J connectivity index is 2.18. The van der Waals surface area contributed by atoms with Crippen LogP contribution < -0.4 is 0 Å². The number of hydrogen-bond acceptors (Lipinski definition) is 1. The lowest BCUT2D eigenvalue weighted by atomic mass is 9.62. The van der Waals surface area contributed by atoms with Crippen LogP contribution in [0.25, 0.3) is 16.8 Å². The second-order valence-corrected chi connectivity index (χ2v) is 5.79. The summed E-state index contributed by atoms with van der Waals surface area (Å²) in [5, 5.41) is 13.2. The molecule has 0 aliphatic heterocycles. The molecule has 3 rings (SSSR count). The number of aliphatic hydroxyl groups is 1. The first kappa shape index (κ1) is 13.1. The van der Waals surface area contributed by atoms with Gasteiger partial charge in [-0.25, -0.2) is 0 Å². The van der Waals surface area contributed by atoms with Gasteiger partial charge in [-0.2, -0.15) is 0 Å². The second-order valence-electron chi connectivity index (χ2n) is 5.79. The van der Waals surface area contributed by atoms with Gasteiger partial charge in [0.15, 0.2) is 0 Å². The highest BCUT2D eigenvalue weighted by Crippen LogP contribution is 2.51. The van der Waals surface area contributed by atoms with E-state index in [-0.39, 0.29) is 5.92 Å². The Hall–Kier alpha value is -1.86. The van der Waals surface area contributed by atoms with Gasteiger partial charge in [-0.05, 0) is 47.2 Å². The number of benzene rings is 2. The molecule has 1 heteroatoms. The molecule has 0 unspecified atom stereocenters. The van der Waals surface area contributed by atoms with E-state index in [1.165, 1.54) is 16.3 Å². The van der Waals surface area contributed by atoms with Crippen LogP contribution >= 0.6 is 0 Å². The molecular formula is C19H20O. The highest BCUT2D eigenvalue weighted by atomic mass is 16.3. The Bertz CT molecular complexity index is 698. The minimum atomic E-state index is -0.750. The fraction of sp³-hybridized carbons (Fsp3) is 0.263. The Morgan fingerprint density at radius 1 is 1.30 bits per heavy atom. The summed E-state index contributed by atoms with van der Waals surface area (Å²) in [6.45, 7) is 9.86. The van der Waals surface area contributed by atoms with Crippen LogP contribution in [-0.4, -0.2) is 10.7 Å². The summed E-state index contributed by atoms with van der Waals surface area (Å²) in [5.74, 6) is 0.137. The molecule has 20 heavy (non-hydrogen) atoms. The number of rotatable bonds is 3. The van der Waals surface area contributed by atoms with Crippen molar-refractivity contribution in [1.82, 2.24) is 0 Å². The van der Waals surface area contributed by atoms with Crippen LogP contribution in [0, 0.1) is 0 Å². The van der Waals surface area contributed by atoms with Crippen LogP contribution in [0.1, 0.15) is 36.8 Å². The molecule has 0 amide bonds. The molecular weight excluding hydrogens is 244 g/mol. The van der Waals surface area contributed by atoms with Crippen molar-refractivity contribution in [2.45, 2.75) is 31.3 Å². The van der Waals surface area contributed by atoms with Crippen molar-refractivity contribution in [1.29, 1.82) is 0 Å². The molecule has 0 saturated heterocycles. The predicted molar refractivity (Wildman–Crippen MR) is 85.8 cm³/mol. The smallest absolute Gasteiger partial charge is 0.0920 e. The summed E-state index contributed by atoms with van der Waals surface area (Å²) in [5.41, 5.74) is 2.44. The topological polar surface area (TPSA) is 20.2 Å². The summed E-state index contributed by atoms with van der Waals surface area (Å²) >= 11 is 0. The molecule has 0 radical (unpaired) electrons. The number of hydrogen-bond donors (Lipinski definition) is 1. The molecule has 1 N–H and O–H groups in total. The fourth-order valence-corrected chi connectivity index (χ4v) is 3.33. The number of fused-ring (bicyclic) bond motifs is 1. The van der Waals surface area contributed by atoms with Crippen LogP contribution in [0.15, 0.2) is 55.1 Å². The van der Waals surface area contributed by atoms with E-state index in [9.17, 15) is 5.11 Å². The lowest BCUT2D eigenvalue weighted by Gasteiger charge is -2.47. The van der Waals surface area contributed by atoms with E-state index in [1.54, 1.807) is 0 Å². The summed E-state index contributed by atoms with van der Waals surface area (Å²) in [4.78, 5) is 0. The second kappa shape index (κ2) is 4.60. The Kier molecular flexibility index (Phi) is 3.02. The van der Waals surface area contributed by atoms with Crippen LogP contribution in [0.3, 0.4) is 0 Å². The quantitative estimate of drug-likeness (QED) is 0.799. The summed E-state index contributed by atoms with van der Waals surface area (Å²) in [7, 11) is 0. The molecule has 2 aromatic carbocycles. The van der Waals surface area contributed by atoms with Gasteiger partial charge in [0.2, 0.25) is 0 Å². The van der Waals surface area contributed by atoms with Crippen LogP contribution in [0.2, 0.25) is 0 Å². The Labute approximate surface area is 120 Å². The maximum Gasteiger partial charge on any atom is 0.0920 e. The third kappa shape index (κ3) is 1.74. The predicted octanol–water partition coefficient (Wildman–Crippen LogP) is 4.67. The zero-order chi connectivity index (χ0) is 14.3. The average molecular weight is 264 g/mol. The molecule has 2 aromatic rings. The van der Waals surface area contributed by atoms with Gasteiger partial charge >= 0.3 is 0 Å². The standard InChI is InChI=1S/C19H20O/c1-4-15-16-8-6-5-7-14(16)9-10-17(15)18-11-12-19(18,20)13(2)3/h4-10,18,20H,1-2,11-12H2,3H3/t18-,19-/m0/s1. The van der Waals surface area contributed by atoms with Crippen molar-refractivity contribution < 1.29 is 5.11 Å². The zero-order valence-electron chi connectivity index (χ0n) is 11.9. The molecule has 2 atom stereocenters. The molecule has 1 fully saturated rings. The van der Waals surface area contributed by atoms with Gasteiger partial charge in [0, 0.05) is 5.92 Å². The van der Waals surface area contributed by atoms with E-state index in [4.69, 9.17) is 0 Å². The normalized spacial score (nSPS) is 25.2. The van der Waals surface area contributed by atoms with E-state index >= 15 is 0 Å². The highest BCUT2D eigenvalue weighted by Gasteiger charge is 2.47. The molecule has 1 aliphatic carbocycles. The van der Waals surface area contributed by atoms with E-state index < -0.39 is 5.60 Å². The first-order chi connectivity index (χ1) is 9.58. The molecule has 102 valence electrons. The maximum atomic E-state index is 10.8. The molecule has 0 bridgehead atoms. The van der Waals surface area contributed by atoms with Gasteiger partial charge in [0.25, 0.3) is 0 Å². The highest BCUT2D eigenvalue weighted by molar-refractivity contribution is 5.92. The fourth-order valence-electron chi connectivity index (χ4n) is 3.33. The van der Waals surface area contributed by atoms with Crippen molar-refractivity contribution in [2.24, 2.45) is 0 Å². The summed E-state index contributed by atoms with van der Waals surface area (Å²) in [6, 6.07) is 12.6. The summed E-state index contributed by atoms with van der Waals surface area (Å²) < 4.78 is 0. The van der Waals surface area contributed by atoms with Gasteiger partial charge < -0.3 is 5.11 Å². The van der Waals surface area contributed by atoms with Gasteiger partial charge in [-0.1, -0.05) is 55.6 Å². The molecule has 1 aliphatic rings. The third-order valence-electron chi connectivity index (χ3n) is 4.71. The Morgan fingerprint density at radius 2 is 2.05 bits per heavy atom. The van der Waals surface area contributed by atoms with Gasteiger partial charge in [0.05, 0.1) is 5.60 Å². The van der Waals surface area contributed by atoms with Crippen LogP contribution in [0.5, 0.6) is 0 Å².